The minimum atomic E-state index is -0.321. The van der Waals surface area contributed by atoms with Gasteiger partial charge in [0.25, 0.3) is 5.91 Å². The van der Waals surface area contributed by atoms with Crippen LogP contribution in [0.4, 0.5) is 5.69 Å². The van der Waals surface area contributed by atoms with Crippen LogP contribution in [0.25, 0.3) is 0 Å². The highest BCUT2D eigenvalue weighted by Crippen LogP contribution is 2.21. The van der Waals surface area contributed by atoms with Crippen LogP contribution in [0.3, 0.4) is 0 Å². The molecule has 1 aromatic heterocycles. The number of benzene rings is 2. The van der Waals surface area contributed by atoms with E-state index in [1.54, 1.807) is 12.1 Å². The van der Waals surface area contributed by atoms with Gasteiger partial charge in [0, 0.05) is 17.8 Å². The van der Waals surface area contributed by atoms with Gasteiger partial charge in [0.15, 0.2) is 11.0 Å². The molecule has 0 fully saturated rings. The lowest BCUT2D eigenvalue weighted by Crippen LogP contribution is -2.28. The molecule has 0 radical (unpaired) electrons. The number of thioether (sulfide) groups is 1. The Kier molecular flexibility index (Phi) is 7.24. The van der Waals surface area contributed by atoms with Gasteiger partial charge in [-0.25, -0.2) is 0 Å². The van der Waals surface area contributed by atoms with Crippen molar-refractivity contribution in [2.24, 2.45) is 0 Å². The Labute approximate surface area is 180 Å². The third-order valence-corrected chi connectivity index (χ3v) is 5.47. The van der Waals surface area contributed by atoms with Crippen LogP contribution in [-0.2, 0) is 11.3 Å². The predicted molar refractivity (Wildman–Crippen MR) is 119 cm³/mol. The molecular formula is C22H25N5O2S. The maximum absolute atomic E-state index is 12.5. The van der Waals surface area contributed by atoms with Gasteiger partial charge >= 0.3 is 0 Å². The number of hydrogen-bond acceptors (Lipinski definition) is 5. The molecule has 0 spiro atoms. The molecular weight excluding hydrogens is 398 g/mol. The quantitative estimate of drug-likeness (QED) is 0.538. The molecule has 1 heterocycles. The number of amides is 2. The molecule has 0 unspecified atom stereocenters. The van der Waals surface area contributed by atoms with Crippen LogP contribution in [-0.4, -0.2) is 32.3 Å². The summed E-state index contributed by atoms with van der Waals surface area (Å²) in [4.78, 5) is 24.7. The first-order valence-electron chi connectivity index (χ1n) is 9.76. The molecule has 2 N–H and O–H groups in total. The van der Waals surface area contributed by atoms with Crippen LogP contribution in [0.1, 0.15) is 41.6 Å². The minimum absolute atomic E-state index is 0.112. The molecule has 1 atom stereocenters. The van der Waals surface area contributed by atoms with E-state index in [0.29, 0.717) is 23.1 Å². The van der Waals surface area contributed by atoms with E-state index in [1.807, 2.05) is 67.8 Å². The molecule has 3 aromatic rings. The van der Waals surface area contributed by atoms with Crippen molar-refractivity contribution in [2.75, 3.05) is 11.1 Å². The Morgan fingerprint density at radius 3 is 2.43 bits per heavy atom. The first kappa shape index (κ1) is 21.6. The minimum Gasteiger partial charge on any atom is -0.342 e. The first-order valence-corrected chi connectivity index (χ1v) is 10.7. The second-order valence-corrected chi connectivity index (χ2v) is 7.79. The zero-order chi connectivity index (χ0) is 21.5. The fourth-order valence-corrected chi connectivity index (χ4v) is 3.73. The van der Waals surface area contributed by atoms with Crippen molar-refractivity contribution in [3.63, 3.8) is 0 Å². The number of para-hydroxylation sites is 1. The highest BCUT2D eigenvalue weighted by atomic mass is 32.2. The molecule has 0 aliphatic carbocycles. The summed E-state index contributed by atoms with van der Waals surface area (Å²) >= 11 is 1.32. The number of carbonyl (C=O) groups excluding carboxylic acids is 2. The number of nitrogens with one attached hydrogen (secondary N) is 2. The van der Waals surface area contributed by atoms with Gasteiger partial charge in [0.05, 0.1) is 11.8 Å². The van der Waals surface area contributed by atoms with Crippen LogP contribution in [0, 0.1) is 6.92 Å². The lowest BCUT2D eigenvalue weighted by Gasteiger charge is -2.15. The zero-order valence-corrected chi connectivity index (χ0v) is 18.1. The van der Waals surface area contributed by atoms with Crippen LogP contribution < -0.4 is 10.6 Å². The van der Waals surface area contributed by atoms with E-state index in [4.69, 9.17) is 0 Å². The Morgan fingerprint density at radius 2 is 1.77 bits per heavy atom. The van der Waals surface area contributed by atoms with Crippen LogP contribution >= 0.6 is 11.8 Å². The number of aromatic nitrogens is 3. The summed E-state index contributed by atoms with van der Waals surface area (Å²) in [5.41, 5.74) is 2.46. The van der Waals surface area contributed by atoms with Gasteiger partial charge in [-0.05, 0) is 45.0 Å². The molecule has 0 saturated heterocycles. The number of carbonyl (C=O) groups is 2. The SMILES string of the molecule is CCn1c(SCC(=O)Nc2ccccc2)nnc1[C@@H](C)NC(=O)c1ccc(C)cc1. The third kappa shape index (κ3) is 5.48. The Morgan fingerprint density at radius 1 is 1.07 bits per heavy atom. The first-order chi connectivity index (χ1) is 14.5. The highest BCUT2D eigenvalue weighted by Gasteiger charge is 2.20. The Hall–Kier alpha value is -3.13. The van der Waals surface area contributed by atoms with E-state index in [1.165, 1.54) is 11.8 Å². The predicted octanol–water partition coefficient (Wildman–Crippen LogP) is 3.83. The molecule has 0 saturated carbocycles. The zero-order valence-electron chi connectivity index (χ0n) is 17.3. The number of anilines is 1. The van der Waals surface area contributed by atoms with Crippen molar-refractivity contribution in [1.82, 2.24) is 20.1 Å². The summed E-state index contributed by atoms with van der Waals surface area (Å²) in [6.45, 7) is 6.47. The van der Waals surface area contributed by atoms with Gasteiger partial charge in [0.2, 0.25) is 5.91 Å². The van der Waals surface area contributed by atoms with E-state index >= 15 is 0 Å². The van der Waals surface area contributed by atoms with Gasteiger partial charge in [-0.3, -0.25) is 9.59 Å². The van der Waals surface area contributed by atoms with Crippen molar-refractivity contribution >= 4 is 29.3 Å². The molecule has 156 valence electrons. The van der Waals surface area contributed by atoms with Crippen LogP contribution in [0.15, 0.2) is 59.8 Å². The van der Waals surface area contributed by atoms with E-state index in [0.717, 1.165) is 11.3 Å². The average molecular weight is 424 g/mol. The van der Waals surface area contributed by atoms with E-state index in [9.17, 15) is 9.59 Å². The van der Waals surface area contributed by atoms with E-state index in [2.05, 4.69) is 20.8 Å². The molecule has 2 aromatic carbocycles. The summed E-state index contributed by atoms with van der Waals surface area (Å²) in [5, 5.41) is 14.9. The van der Waals surface area contributed by atoms with Gasteiger partial charge in [0.1, 0.15) is 0 Å². The molecule has 2 amide bonds. The molecule has 0 aliphatic heterocycles. The summed E-state index contributed by atoms with van der Waals surface area (Å²) in [5.74, 6) is 0.601. The summed E-state index contributed by atoms with van der Waals surface area (Å²) in [6, 6.07) is 16.4. The van der Waals surface area contributed by atoms with Gasteiger partial charge in [-0.1, -0.05) is 47.7 Å². The fraction of sp³-hybridized carbons (Fsp3) is 0.273. The van der Waals surface area contributed by atoms with E-state index in [-0.39, 0.29) is 23.6 Å². The van der Waals surface area contributed by atoms with Gasteiger partial charge < -0.3 is 15.2 Å². The number of hydrogen-bond donors (Lipinski definition) is 2. The monoisotopic (exact) mass is 423 g/mol. The fourth-order valence-electron chi connectivity index (χ4n) is 2.92. The molecule has 8 heteroatoms. The van der Waals surface area contributed by atoms with Crippen molar-refractivity contribution in [3.05, 3.63) is 71.5 Å². The smallest absolute Gasteiger partial charge is 0.251 e. The summed E-state index contributed by atoms with van der Waals surface area (Å²) in [6.07, 6.45) is 0. The lowest BCUT2D eigenvalue weighted by atomic mass is 10.1. The van der Waals surface area contributed by atoms with Crippen LogP contribution in [0.5, 0.6) is 0 Å². The molecule has 3 rings (SSSR count). The van der Waals surface area contributed by atoms with Crippen LogP contribution in [0.2, 0.25) is 0 Å². The summed E-state index contributed by atoms with van der Waals surface area (Å²) in [7, 11) is 0. The van der Waals surface area contributed by atoms with Crippen molar-refractivity contribution in [1.29, 1.82) is 0 Å². The molecule has 0 aliphatic rings. The second kappa shape index (κ2) is 10.1. The van der Waals surface area contributed by atoms with E-state index < -0.39 is 0 Å². The van der Waals surface area contributed by atoms with Gasteiger partial charge in [-0.2, -0.15) is 0 Å². The lowest BCUT2D eigenvalue weighted by molar-refractivity contribution is -0.113. The van der Waals surface area contributed by atoms with Gasteiger partial charge in [-0.15, -0.1) is 10.2 Å². The maximum atomic E-state index is 12.5. The number of rotatable bonds is 8. The standard InChI is InChI=1S/C22H25N5O2S/c1-4-27-20(16(3)23-21(29)17-12-10-15(2)11-13-17)25-26-22(27)30-14-19(28)24-18-8-6-5-7-9-18/h5-13,16H,4,14H2,1-3H3,(H,23,29)(H,24,28)/t16-/m1/s1. The summed E-state index contributed by atoms with van der Waals surface area (Å²) < 4.78 is 1.92. The average Bonchev–Trinajstić information content (AvgIpc) is 3.16. The number of aryl methyl sites for hydroxylation is 1. The topological polar surface area (TPSA) is 88.9 Å². The maximum Gasteiger partial charge on any atom is 0.251 e. The second-order valence-electron chi connectivity index (χ2n) is 6.85. The number of nitrogens with zero attached hydrogens (tertiary/aromatic N) is 3. The largest absolute Gasteiger partial charge is 0.342 e. The third-order valence-electron chi connectivity index (χ3n) is 4.50. The molecule has 0 bridgehead atoms. The van der Waals surface area contributed by atoms with Crippen molar-refractivity contribution < 1.29 is 9.59 Å². The molecule has 30 heavy (non-hydrogen) atoms. The Bertz CT molecular complexity index is 1000. The highest BCUT2D eigenvalue weighted by molar-refractivity contribution is 7.99. The normalized spacial score (nSPS) is 11.7. The van der Waals surface area contributed by atoms with Crippen molar-refractivity contribution in [2.45, 2.75) is 38.5 Å². The van der Waals surface area contributed by atoms with Crippen molar-refractivity contribution in [3.8, 4) is 0 Å². The molecule has 7 nitrogen and oxygen atoms in total. The Balaban J connectivity index is 1.62.